The topological polar surface area (TPSA) is 69.7 Å². The summed E-state index contributed by atoms with van der Waals surface area (Å²) in [5, 5.41) is 17.6. The fourth-order valence-corrected chi connectivity index (χ4v) is 1.31. The van der Waals surface area contributed by atoms with Gasteiger partial charge >= 0.3 is 0 Å². The van der Waals surface area contributed by atoms with Crippen molar-refractivity contribution in [1.82, 2.24) is 4.98 Å². The van der Waals surface area contributed by atoms with Gasteiger partial charge in [0.05, 0.1) is 5.56 Å². The van der Waals surface area contributed by atoms with E-state index < -0.39 is 0 Å². The van der Waals surface area contributed by atoms with Crippen molar-refractivity contribution in [2.24, 2.45) is 0 Å². The summed E-state index contributed by atoms with van der Waals surface area (Å²) in [6, 6.07) is 14.0. The standard InChI is InChI=1S/C13H7N3O/c14-8-10-3-1-2-4-13(10)17-12-5-6-16-11(7-12)9-15/h1-7H. The highest BCUT2D eigenvalue weighted by Crippen LogP contribution is 2.24. The van der Waals surface area contributed by atoms with E-state index in [9.17, 15) is 0 Å². The summed E-state index contributed by atoms with van der Waals surface area (Å²) in [5.74, 6) is 0.948. The van der Waals surface area contributed by atoms with E-state index in [1.165, 1.54) is 12.3 Å². The Hall–Kier alpha value is -2.85. The summed E-state index contributed by atoms with van der Waals surface area (Å²) in [4.78, 5) is 3.84. The van der Waals surface area contributed by atoms with Crippen molar-refractivity contribution in [1.29, 1.82) is 10.5 Å². The zero-order valence-electron chi connectivity index (χ0n) is 8.79. The minimum absolute atomic E-state index is 0.275. The predicted molar refractivity (Wildman–Crippen MR) is 60.2 cm³/mol. The smallest absolute Gasteiger partial charge is 0.145 e. The average Bonchev–Trinajstić information content (AvgIpc) is 2.39. The summed E-state index contributed by atoms with van der Waals surface area (Å²) in [6.45, 7) is 0. The van der Waals surface area contributed by atoms with Crippen LogP contribution >= 0.6 is 0 Å². The maximum atomic E-state index is 8.90. The number of pyridine rings is 1. The minimum Gasteiger partial charge on any atom is -0.456 e. The first-order valence-corrected chi connectivity index (χ1v) is 4.86. The molecule has 4 nitrogen and oxygen atoms in total. The first-order valence-electron chi connectivity index (χ1n) is 4.86. The minimum atomic E-state index is 0.275. The Morgan fingerprint density at radius 3 is 2.65 bits per heavy atom. The van der Waals surface area contributed by atoms with Gasteiger partial charge in [-0.2, -0.15) is 10.5 Å². The number of benzene rings is 1. The summed E-state index contributed by atoms with van der Waals surface area (Å²) >= 11 is 0. The van der Waals surface area contributed by atoms with Gasteiger partial charge in [-0.3, -0.25) is 0 Å². The Bertz CT molecular complexity index is 623. The lowest BCUT2D eigenvalue weighted by molar-refractivity contribution is 0.480. The maximum Gasteiger partial charge on any atom is 0.145 e. The molecule has 1 heterocycles. The van der Waals surface area contributed by atoms with Crippen LogP contribution in [0.15, 0.2) is 42.6 Å². The van der Waals surface area contributed by atoms with Crippen LogP contribution in [0, 0.1) is 22.7 Å². The number of aromatic nitrogens is 1. The van der Waals surface area contributed by atoms with Gasteiger partial charge in [0.15, 0.2) is 0 Å². The van der Waals surface area contributed by atoms with E-state index >= 15 is 0 Å². The number of hydrogen-bond donors (Lipinski definition) is 0. The van der Waals surface area contributed by atoms with Crippen LogP contribution in [0.2, 0.25) is 0 Å². The van der Waals surface area contributed by atoms with E-state index in [4.69, 9.17) is 15.3 Å². The molecule has 2 aromatic rings. The van der Waals surface area contributed by atoms with E-state index in [1.54, 1.807) is 30.3 Å². The summed E-state index contributed by atoms with van der Waals surface area (Å²) < 4.78 is 5.53. The van der Waals surface area contributed by atoms with Gasteiger partial charge < -0.3 is 4.74 Å². The van der Waals surface area contributed by atoms with Crippen LogP contribution in [0.5, 0.6) is 11.5 Å². The van der Waals surface area contributed by atoms with Crippen LogP contribution in [-0.4, -0.2) is 4.98 Å². The van der Waals surface area contributed by atoms with Crippen LogP contribution in [0.3, 0.4) is 0 Å². The normalized spacial score (nSPS) is 9.06. The second-order valence-electron chi connectivity index (χ2n) is 3.20. The van der Waals surface area contributed by atoms with Gasteiger partial charge in [0.1, 0.15) is 29.3 Å². The van der Waals surface area contributed by atoms with Gasteiger partial charge in [-0.05, 0) is 18.2 Å². The first-order chi connectivity index (χ1) is 8.33. The molecule has 0 aliphatic carbocycles. The van der Waals surface area contributed by atoms with Crippen LogP contribution < -0.4 is 4.74 Å². The highest BCUT2D eigenvalue weighted by Gasteiger charge is 2.04. The number of ether oxygens (including phenoxy) is 1. The van der Waals surface area contributed by atoms with Crippen molar-refractivity contribution in [3.63, 3.8) is 0 Å². The first kappa shape index (κ1) is 10.7. The van der Waals surface area contributed by atoms with Crippen molar-refractivity contribution in [3.05, 3.63) is 53.9 Å². The number of rotatable bonds is 2. The van der Waals surface area contributed by atoms with Crippen molar-refractivity contribution >= 4 is 0 Å². The Kier molecular flexibility index (Phi) is 3.00. The molecule has 2 rings (SSSR count). The van der Waals surface area contributed by atoms with E-state index in [0.717, 1.165) is 0 Å². The molecule has 0 saturated heterocycles. The Morgan fingerprint density at radius 1 is 1.06 bits per heavy atom. The van der Waals surface area contributed by atoms with Crippen molar-refractivity contribution in [3.8, 4) is 23.6 Å². The highest BCUT2D eigenvalue weighted by atomic mass is 16.5. The molecule has 0 spiro atoms. The van der Waals surface area contributed by atoms with Gasteiger partial charge in [0.25, 0.3) is 0 Å². The Balaban J connectivity index is 2.32. The molecule has 4 heteroatoms. The second-order valence-corrected chi connectivity index (χ2v) is 3.20. The molecule has 1 aromatic heterocycles. The lowest BCUT2D eigenvalue weighted by atomic mass is 10.2. The monoisotopic (exact) mass is 221 g/mol. The Labute approximate surface area is 98.3 Å². The van der Waals surface area contributed by atoms with Gasteiger partial charge in [-0.25, -0.2) is 4.98 Å². The maximum absolute atomic E-state index is 8.90. The molecular weight excluding hydrogens is 214 g/mol. The lowest BCUT2D eigenvalue weighted by Crippen LogP contribution is -1.89. The molecule has 0 radical (unpaired) electrons. The van der Waals surface area contributed by atoms with Gasteiger partial charge in [-0.15, -0.1) is 0 Å². The molecule has 80 valence electrons. The lowest BCUT2D eigenvalue weighted by Gasteiger charge is -2.06. The molecule has 0 atom stereocenters. The highest BCUT2D eigenvalue weighted by molar-refractivity contribution is 5.45. The van der Waals surface area contributed by atoms with Crippen LogP contribution in [-0.2, 0) is 0 Å². The molecule has 0 aliphatic heterocycles. The molecule has 0 bridgehead atoms. The number of para-hydroxylation sites is 1. The van der Waals surface area contributed by atoms with Crippen LogP contribution in [0.25, 0.3) is 0 Å². The third kappa shape index (κ3) is 2.39. The van der Waals surface area contributed by atoms with Gasteiger partial charge in [0.2, 0.25) is 0 Å². The fraction of sp³-hybridized carbons (Fsp3) is 0. The van der Waals surface area contributed by atoms with E-state index in [0.29, 0.717) is 17.1 Å². The number of hydrogen-bond acceptors (Lipinski definition) is 4. The molecule has 1 aromatic carbocycles. The quantitative estimate of drug-likeness (QED) is 0.781. The van der Waals surface area contributed by atoms with E-state index in [2.05, 4.69) is 4.98 Å². The van der Waals surface area contributed by atoms with Crippen LogP contribution in [0.4, 0.5) is 0 Å². The zero-order chi connectivity index (χ0) is 12.1. The van der Waals surface area contributed by atoms with E-state index in [-0.39, 0.29) is 5.69 Å². The van der Waals surface area contributed by atoms with Crippen LogP contribution in [0.1, 0.15) is 11.3 Å². The molecule has 0 amide bonds. The average molecular weight is 221 g/mol. The van der Waals surface area contributed by atoms with Crippen molar-refractivity contribution in [2.45, 2.75) is 0 Å². The Morgan fingerprint density at radius 2 is 1.88 bits per heavy atom. The number of nitriles is 2. The largest absolute Gasteiger partial charge is 0.456 e. The van der Waals surface area contributed by atoms with E-state index in [1.807, 2.05) is 12.1 Å². The third-order valence-electron chi connectivity index (χ3n) is 2.08. The van der Waals surface area contributed by atoms with Gasteiger partial charge in [0, 0.05) is 12.3 Å². The molecule has 0 unspecified atom stereocenters. The van der Waals surface area contributed by atoms with Gasteiger partial charge in [-0.1, -0.05) is 12.1 Å². The molecule has 0 saturated carbocycles. The van der Waals surface area contributed by atoms with Crippen molar-refractivity contribution < 1.29 is 4.74 Å². The second kappa shape index (κ2) is 4.78. The SMILES string of the molecule is N#Cc1cc(Oc2ccccc2C#N)ccn1. The zero-order valence-corrected chi connectivity index (χ0v) is 8.79. The molecule has 0 aliphatic rings. The molecule has 17 heavy (non-hydrogen) atoms. The third-order valence-corrected chi connectivity index (χ3v) is 2.08. The summed E-state index contributed by atoms with van der Waals surface area (Å²) in [5.41, 5.74) is 0.722. The fourth-order valence-electron chi connectivity index (χ4n) is 1.31. The predicted octanol–water partition coefficient (Wildman–Crippen LogP) is 2.62. The molecular formula is C13H7N3O. The van der Waals surface area contributed by atoms with Crippen molar-refractivity contribution in [2.75, 3.05) is 0 Å². The number of nitrogens with zero attached hydrogens (tertiary/aromatic N) is 3. The summed E-state index contributed by atoms with van der Waals surface area (Å²) in [6.07, 6.45) is 1.49. The molecule has 0 fully saturated rings. The molecule has 0 N–H and O–H groups in total. The summed E-state index contributed by atoms with van der Waals surface area (Å²) in [7, 11) is 0.